The van der Waals surface area contributed by atoms with Crippen molar-refractivity contribution in [2.75, 3.05) is 13.7 Å². The fraction of sp³-hybridized carbons (Fsp3) is 0.238. The quantitative estimate of drug-likeness (QED) is 0.429. The summed E-state index contributed by atoms with van der Waals surface area (Å²) in [5.74, 6) is -0.0873. The highest BCUT2D eigenvalue weighted by molar-refractivity contribution is 5.99. The molecule has 0 bridgehead atoms. The van der Waals surface area contributed by atoms with Crippen molar-refractivity contribution in [1.29, 1.82) is 0 Å². The molecule has 0 unspecified atom stereocenters. The van der Waals surface area contributed by atoms with Gasteiger partial charge in [0.15, 0.2) is 11.5 Å². The average Bonchev–Trinajstić information content (AvgIpc) is 3.25. The number of carbonyl (C=O) groups is 1. The number of rotatable bonds is 9. The van der Waals surface area contributed by atoms with Gasteiger partial charge in [-0.2, -0.15) is 0 Å². The highest BCUT2D eigenvalue weighted by Gasteiger charge is 2.24. The van der Waals surface area contributed by atoms with Gasteiger partial charge in [0.2, 0.25) is 0 Å². The van der Waals surface area contributed by atoms with E-state index in [1.165, 1.54) is 19.2 Å². The number of amides is 1. The molecular weight excluding hydrogens is 388 g/mol. The molecular formula is C21H22N4O5. The Hall–Kier alpha value is -3.88. The summed E-state index contributed by atoms with van der Waals surface area (Å²) in [5.41, 5.74) is 1.50. The van der Waals surface area contributed by atoms with Crippen molar-refractivity contribution in [3.8, 4) is 11.5 Å². The Bertz CT molecular complexity index is 1030. The molecule has 0 aliphatic rings. The van der Waals surface area contributed by atoms with Gasteiger partial charge in [-0.15, -0.1) is 0 Å². The predicted octanol–water partition coefficient (Wildman–Crippen LogP) is 3.18. The van der Waals surface area contributed by atoms with E-state index in [1.54, 1.807) is 19.4 Å². The maximum atomic E-state index is 12.7. The summed E-state index contributed by atoms with van der Waals surface area (Å²) in [6.07, 6.45) is 5.31. The largest absolute Gasteiger partial charge is 0.493 e. The molecule has 9 heteroatoms. The van der Waals surface area contributed by atoms with Gasteiger partial charge in [-0.1, -0.05) is 24.3 Å². The van der Waals surface area contributed by atoms with Crippen molar-refractivity contribution >= 4 is 11.6 Å². The van der Waals surface area contributed by atoms with Crippen molar-refractivity contribution in [1.82, 2.24) is 14.9 Å². The van der Waals surface area contributed by atoms with Crippen molar-refractivity contribution in [2.45, 2.75) is 20.0 Å². The van der Waals surface area contributed by atoms with Crippen molar-refractivity contribution < 1.29 is 19.2 Å². The van der Waals surface area contributed by atoms with E-state index in [-0.39, 0.29) is 29.3 Å². The van der Waals surface area contributed by atoms with Crippen molar-refractivity contribution in [3.63, 3.8) is 0 Å². The second-order valence-electron chi connectivity index (χ2n) is 6.45. The van der Waals surface area contributed by atoms with Crippen LogP contribution >= 0.6 is 0 Å². The Morgan fingerprint density at radius 3 is 2.70 bits per heavy atom. The van der Waals surface area contributed by atoms with Gasteiger partial charge in [0.05, 0.1) is 31.0 Å². The van der Waals surface area contributed by atoms with Crippen molar-refractivity contribution in [3.05, 3.63) is 81.9 Å². The Kier molecular flexibility index (Phi) is 6.63. The normalized spacial score (nSPS) is 10.5. The number of hydrogen-bond donors (Lipinski definition) is 1. The molecule has 1 N–H and O–H groups in total. The van der Waals surface area contributed by atoms with E-state index >= 15 is 0 Å². The Morgan fingerprint density at radius 2 is 2.03 bits per heavy atom. The molecule has 2 aromatic carbocycles. The summed E-state index contributed by atoms with van der Waals surface area (Å²) in [5, 5.41) is 14.2. The van der Waals surface area contributed by atoms with E-state index in [1.807, 2.05) is 35.0 Å². The van der Waals surface area contributed by atoms with Crippen LogP contribution in [0.2, 0.25) is 0 Å². The molecule has 156 valence electrons. The van der Waals surface area contributed by atoms with Crippen LogP contribution in [-0.4, -0.2) is 34.1 Å². The van der Waals surface area contributed by atoms with Gasteiger partial charge in [-0.3, -0.25) is 14.9 Å². The first-order valence-corrected chi connectivity index (χ1v) is 9.32. The lowest BCUT2D eigenvalue weighted by Crippen LogP contribution is -2.24. The van der Waals surface area contributed by atoms with Crippen LogP contribution in [0.25, 0.3) is 0 Å². The number of methoxy groups -OCH3 is 1. The zero-order chi connectivity index (χ0) is 21.5. The van der Waals surface area contributed by atoms with Gasteiger partial charge in [0.1, 0.15) is 5.56 Å². The van der Waals surface area contributed by atoms with Gasteiger partial charge in [-0.05, 0) is 18.1 Å². The molecule has 0 saturated heterocycles. The summed E-state index contributed by atoms with van der Waals surface area (Å²) in [6.45, 7) is 2.99. The fourth-order valence-electron chi connectivity index (χ4n) is 3.02. The van der Waals surface area contributed by atoms with Gasteiger partial charge in [-0.25, -0.2) is 4.98 Å². The number of aromatic nitrogens is 2. The highest BCUT2D eigenvalue weighted by atomic mass is 16.6. The van der Waals surface area contributed by atoms with Crippen molar-refractivity contribution in [2.24, 2.45) is 0 Å². The van der Waals surface area contributed by atoms with Crippen LogP contribution in [0.4, 0.5) is 5.69 Å². The van der Waals surface area contributed by atoms with E-state index < -0.39 is 10.8 Å². The van der Waals surface area contributed by atoms with E-state index in [2.05, 4.69) is 10.3 Å². The molecule has 30 heavy (non-hydrogen) atoms. The number of hydrogen-bond acceptors (Lipinski definition) is 6. The number of carbonyl (C=O) groups excluding carboxylic acids is 1. The number of imidazole rings is 1. The average molecular weight is 410 g/mol. The number of nitrogens with zero attached hydrogens (tertiary/aromatic N) is 3. The second-order valence-corrected chi connectivity index (χ2v) is 6.45. The summed E-state index contributed by atoms with van der Waals surface area (Å²) < 4.78 is 12.5. The monoisotopic (exact) mass is 410 g/mol. The lowest BCUT2D eigenvalue weighted by molar-refractivity contribution is -0.385. The Labute approximate surface area is 173 Å². The minimum absolute atomic E-state index is 0.0844. The van der Waals surface area contributed by atoms with Gasteiger partial charge >= 0.3 is 0 Å². The maximum Gasteiger partial charge on any atom is 0.286 e. The van der Waals surface area contributed by atoms with Crippen LogP contribution in [0.1, 0.15) is 28.4 Å². The minimum atomic E-state index is -0.612. The second kappa shape index (κ2) is 9.55. The molecule has 0 spiro atoms. The molecule has 1 heterocycles. The first kappa shape index (κ1) is 20.8. The zero-order valence-electron chi connectivity index (χ0n) is 16.7. The summed E-state index contributed by atoms with van der Waals surface area (Å²) in [7, 11) is 1.39. The molecule has 9 nitrogen and oxygen atoms in total. The van der Waals surface area contributed by atoms with Crippen LogP contribution in [0.3, 0.4) is 0 Å². The summed E-state index contributed by atoms with van der Waals surface area (Å²) in [6, 6.07) is 10.3. The topological polar surface area (TPSA) is 109 Å². The van der Waals surface area contributed by atoms with Crippen LogP contribution in [0.15, 0.2) is 55.1 Å². The van der Waals surface area contributed by atoms with Crippen LogP contribution in [0, 0.1) is 10.1 Å². The first-order valence-electron chi connectivity index (χ1n) is 9.32. The molecule has 0 fully saturated rings. The van der Waals surface area contributed by atoms with E-state index in [9.17, 15) is 14.9 Å². The van der Waals surface area contributed by atoms with E-state index in [0.717, 1.165) is 11.1 Å². The third-order valence-corrected chi connectivity index (χ3v) is 4.39. The van der Waals surface area contributed by atoms with E-state index in [4.69, 9.17) is 9.47 Å². The summed E-state index contributed by atoms with van der Waals surface area (Å²) in [4.78, 5) is 27.6. The smallest absolute Gasteiger partial charge is 0.286 e. The maximum absolute atomic E-state index is 12.7. The number of benzene rings is 2. The Morgan fingerprint density at radius 1 is 1.23 bits per heavy atom. The molecule has 0 aliphatic heterocycles. The van der Waals surface area contributed by atoms with E-state index in [0.29, 0.717) is 13.2 Å². The SMILES string of the molecule is CCOc1cc(C(=O)NCc2cccc(Cn3ccnc3)c2)c([N+](=O)[O-])cc1OC. The summed E-state index contributed by atoms with van der Waals surface area (Å²) >= 11 is 0. The van der Waals surface area contributed by atoms with Crippen LogP contribution in [0.5, 0.6) is 11.5 Å². The fourth-order valence-corrected chi connectivity index (χ4v) is 3.02. The predicted molar refractivity (Wildman–Crippen MR) is 110 cm³/mol. The molecule has 3 aromatic rings. The molecule has 0 saturated carbocycles. The number of nitro groups is 1. The molecule has 1 aromatic heterocycles. The lowest BCUT2D eigenvalue weighted by Gasteiger charge is -2.12. The van der Waals surface area contributed by atoms with Crippen LogP contribution < -0.4 is 14.8 Å². The zero-order valence-corrected chi connectivity index (χ0v) is 16.7. The molecule has 1 amide bonds. The molecule has 3 rings (SSSR count). The number of nitro benzene ring substituents is 1. The molecule has 0 atom stereocenters. The first-order chi connectivity index (χ1) is 14.5. The molecule has 0 radical (unpaired) electrons. The third kappa shape index (κ3) is 4.93. The van der Waals surface area contributed by atoms with Crippen LogP contribution in [-0.2, 0) is 13.1 Å². The third-order valence-electron chi connectivity index (χ3n) is 4.39. The van der Waals surface area contributed by atoms with Gasteiger partial charge in [0, 0.05) is 31.5 Å². The minimum Gasteiger partial charge on any atom is -0.493 e. The standard InChI is InChI=1S/C21H22N4O5/c1-3-30-20-10-17(18(25(27)28)11-19(20)29-2)21(26)23-12-15-5-4-6-16(9-15)13-24-8-7-22-14-24/h4-11,14H,3,12-13H2,1-2H3,(H,23,26). The lowest BCUT2D eigenvalue weighted by atomic mass is 10.1. The molecule has 0 aliphatic carbocycles. The number of ether oxygens (including phenoxy) is 2. The number of nitrogens with one attached hydrogen (secondary N) is 1. The highest BCUT2D eigenvalue weighted by Crippen LogP contribution is 2.34. The van der Waals surface area contributed by atoms with Gasteiger partial charge < -0.3 is 19.4 Å². The Balaban J connectivity index is 1.77. The van der Waals surface area contributed by atoms with Gasteiger partial charge in [0.25, 0.3) is 11.6 Å².